The molecule has 144 valence electrons. The largest absolute Gasteiger partial charge is 0.512 e. The van der Waals surface area contributed by atoms with Crippen LogP contribution in [0.15, 0.2) is 60.8 Å². The van der Waals surface area contributed by atoms with E-state index < -0.39 is 23.8 Å². The SMILES string of the molecule is O=C(O)Oc1cc(NC(=O)c2ccccc2-c2ccc(C(F)(F)F)cc2)c[nH]1. The van der Waals surface area contributed by atoms with Crippen molar-refractivity contribution in [3.05, 3.63) is 71.9 Å². The Morgan fingerprint density at radius 1 is 1.04 bits per heavy atom. The Kier molecular flexibility index (Phi) is 5.08. The van der Waals surface area contributed by atoms with Crippen LogP contribution < -0.4 is 10.1 Å². The van der Waals surface area contributed by atoms with Crippen molar-refractivity contribution in [1.82, 2.24) is 4.98 Å². The molecule has 9 heteroatoms. The maximum atomic E-state index is 12.7. The summed E-state index contributed by atoms with van der Waals surface area (Å²) < 4.78 is 42.6. The molecule has 3 rings (SSSR count). The minimum Gasteiger partial charge on any atom is -0.449 e. The fourth-order valence-electron chi connectivity index (χ4n) is 2.57. The molecule has 1 amide bonds. The van der Waals surface area contributed by atoms with Crippen molar-refractivity contribution in [2.75, 3.05) is 5.32 Å². The number of H-pyrrole nitrogens is 1. The minimum absolute atomic E-state index is 0.0705. The summed E-state index contributed by atoms with van der Waals surface area (Å²) >= 11 is 0. The molecule has 1 aromatic heterocycles. The number of nitrogens with one attached hydrogen (secondary N) is 2. The minimum atomic E-state index is -4.45. The van der Waals surface area contributed by atoms with Gasteiger partial charge in [-0.2, -0.15) is 13.2 Å². The molecule has 0 unspecified atom stereocenters. The van der Waals surface area contributed by atoms with E-state index in [0.717, 1.165) is 12.1 Å². The third kappa shape index (κ3) is 4.32. The van der Waals surface area contributed by atoms with Crippen LogP contribution in [0.3, 0.4) is 0 Å². The number of aromatic amines is 1. The molecule has 0 atom stereocenters. The van der Waals surface area contributed by atoms with Crippen molar-refractivity contribution in [3.8, 4) is 17.0 Å². The molecule has 0 aliphatic rings. The Hall–Kier alpha value is -3.75. The predicted octanol–water partition coefficient (Wildman–Crippen LogP) is 5.01. The third-order valence-corrected chi connectivity index (χ3v) is 3.81. The highest BCUT2D eigenvalue weighted by Crippen LogP contribution is 2.32. The number of amides is 1. The highest BCUT2D eigenvalue weighted by atomic mass is 19.4. The Labute approximate surface area is 156 Å². The van der Waals surface area contributed by atoms with Crippen LogP contribution in [0, 0.1) is 0 Å². The van der Waals surface area contributed by atoms with Crippen LogP contribution in [-0.4, -0.2) is 22.2 Å². The molecule has 28 heavy (non-hydrogen) atoms. The van der Waals surface area contributed by atoms with Crippen LogP contribution in [-0.2, 0) is 6.18 Å². The van der Waals surface area contributed by atoms with E-state index in [9.17, 15) is 22.8 Å². The van der Waals surface area contributed by atoms with Gasteiger partial charge in [-0.3, -0.25) is 4.79 Å². The molecule has 0 bridgehead atoms. The number of ether oxygens (including phenoxy) is 1. The van der Waals surface area contributed by atoms with Crippen molar-refractivity contribution >= 4 is 17.7 Å². The summed E-state index contributed by atoms with van der Waals surface area (Å²) in [7, 11) is 0. The van der Waals surface area contributed by atoms with Crippen molar-refractivity contribution < 1.29 is 32.6 Å². The van der Waals surface area contributed by atoms with Gasteiger partial charge in [-0.1, -0.05) is 30.3 Å². The maximum absolute atomic E-state index is 12.7. The van der Waals surface area contributed by atoms with Gasteiger partial charge in [0.05, 0.1) is 11.3 Å². The monoisotopic (exact) mass is 390 g/mol. The van der Waals surface area contributed by atoms with E-state index in [2.05, 4.69) is 15.0 Å². The topological polar surface area (TPSA) is 91.4 Å². The van der Waals surface area contributed by atoms with Gasteiger partial charge in [0, 0.05) is 17.8 Å². The zero-order chi connectivity index (χ0) is 20.3. The fraction of sp³-hybridized carbons (Fsp3) is 0.0526. The van der Waals surface area contributed by atoms with E-state index in [1.807, 2.05) is 0 Å². The molecule has 3 N–H and O–H groups in total. The van der Waals surface area contributed by atoms with Gasteiger partial charge in [-0.25, -0.2) is 4.79 Å². The van der Waals surface area contributed by atoms with Crippen LogP contribution in [0.5, 0.6) is 5.88 Å². The van der Waals surface area contributed by atoms with Gasteiger partial charge < -0.3 is 20.1 Å². The number of alkyl halides is 3. The molecule has 6 nitrogen and oxygen atoms in total. The number of carbonyl (C=O) groups excluding carboxylic acids is 1. The Morgan fingerprint density at radius 3 is 2.36 bits per heavy atom. The number of halogens is 3. The first-order chi connectivity index (χ1) is 13.2. The standard InChI is InChI=1S/C19H13F3N2O4/c20-19(21,22)12-7-5-11(6-8-12)14-3-1-2-4-15(14)17(25)24-13-9-16(23-10-13)28-18(26)27/h1-10,23H,(H,24,25)(H,26,27). The number of aromatic nitrogens is 1. The molecule has 0 fully saturated rings. The van der Waals surface area contributed by atoms with Crippen molar-refractivity contribution in [2.45, 2.75) is 6.18 Å². The van der Waals surface area contributed by atoms with E-state index >= 15 is 0 Å². The first kappa shape index (κ1) is 19.0. The van der Waals surface area contributed by atoms with Gasteiger partial charge in [-0.15, -0.1) is 0 Å². The summed E-state index contributed by atoms with van der Waals surface area (Å²) in [6.07, 6.45) is -4.61. The lowest BCUT2D eigenvalue weighted by Crippen LogP contribution is -2.12. The van der Waals surface area contributed by atoms with Gasteiger partial charge in [0.1, 0.15) is 0 Å². The van der Waals surface area contributed by atoms with Gasteiger partial charge in [0.2, 0.25) is 5.88 Å². The number of hydrogen-bond acceptors (Lipinski definition) is 3. The average Bonchev–Trinajstić information content (AvgIpc) is 3.07. The summed E-state index contributed by atoms with van der Waals surface area (Å²) in [6, 6.07) is 12.2. The first-order valence-corrected chi connectivity index (χ1v) is 7.91. The number of hydrogen-bond donors (Lipinski definition) is 3. The lowest BCUT2D eigenvalue weighted by molar-refractivity contribution is -0.137. The first-order valence-electron chi connectivity index (χ1n) is 7.91. The molecular weight excluding hydrogens is 377 g/mol. The van der Waals surface area contributed by atoms with E-state index in [-0.39, 0.29) is 17.1 Å². The fourth-order valence-corrected chi connectivity index (χ4v) is 2.57. The smallest absolute Gasteiger partial charge is 0.449 e. The zero-order valence-corrected chi connectivity index (χ0v) is 14.1. The average molecular weight is 390 g/mol. The summed E-state index contributed by atoms with van der Waals surface area (Å²) in [5.41, 5.74) is 0.623. The van der Waals surface area contributed by atoms with Gasteiger partial charge in [0.15, 0.2) is 0 Å². The molecule has 3 aromatic rings. The highest BCUT2D eigenvalue weighted by molar-refractivity contribution is 6.08. The third-order valence-electron chi connectivity index (χ3n) is 3.81. The molecule has 2 aromatic carbocycles. The van der Waals surface area contributed by atoms with Crippen LogP contribution in [0.1, 0.15) is 15.9 Å². The van der Waals surface area contributed by atoms with E-state index in [1.54, 1.807) is 18.2 Å². The second-order valence-corrected chi connectivity index (χ2v) is 5.70. The summed E-state index contributed by atoms with van der Waals surface area (Å²) in [6.45, 7) is 0. The van der Waals surface area contributed by atoms with Crippen LogP contribution in [0.2, 0.25) is 0 Å². The van der Waals surface area contributed by atoms with Gasteiger partial charge in [0.25, 0.3) is 5.91 Å². The van der Waals surface area contributed by atoms with Crippen LogP contribution >= 0.6 is 0 Å². The quantitative estimate of drug-likeness (QED) is 0.546. The van der Waals surface area contributed by atoms with Gasteiger partial charge >= 0.3 is 12.3 Å². The van der Waals surface area contributed by atoms with Crippen molar-refractivity contribution in [2.24, 2.45) is 0 Å². The predicted molar refractivity (Wildman–Crippen MR) is 94.3 cm³/mol. The van der Waals surface area contributed by atoms with Gasteiger partial charge in [-0.05, 0) is 29.3 Å². The van der Waals surface area contributed by atoms with Crippen LogP contribution in [0.4, 0.5) is 23.7 Å². The number of benzene rings is 2. The van der Waals surface area contributed by atoms with Crippen molar-refractivity contribution in [1.29, 1.82) is 0 Å². The molecule has 0 saturated heterocycles. The highest BCUT2D eigenvalue weighted by Gasteiger charge is 2.30. The molecule has 0 aliphatic heterocycles. The Morgan fingerprint density at radius 2 is 1.71 bits per heavy atom. The second-order valence-electron chi connectivity index (χ2n) is 5.70. The van der Waals surface area contributed by atoms with E-state index in [1.165, 1.54) is 30.5 Å². The number of carboxylic acid groups (broad SMARTS) is 1. The Bertz CT molecular complexity index is 1010. The van der Waals surface area contributed by atoms with E-state index in [4.69, 9.17) is 5.11 Å². The Balaban J connectivity index is 1.84. The van der Waals surface area contributed by atoms with Crippen LogP contribution in [0.25, 0.3) is 11.1 Å². The summed E-state index contributed by atoms with van der Waals surface area (Å²) in [5, 5.41) is 11.1. The number of anilines is 1. The summed E-state index contributed by atoms with van der Waals surface area (Å²) in [5.74, 6) is -0.588. The summed E-state index contributed by atoms with van der Waals surface area (Å²) in [4.78, 5) is 25.6. The number of carbonyl (C=O) groups is 2. The molecular formula is C19H13F3N2O4. The maximum Gasteiger partial charge on any atom is 0.512 e. The van der Waals surface area contributed by atoms with Crippen molar-refractivity contribution in [3.63, 3.8) is 0 Å². The zero-order valence-electron chi connectivity index (χ0n) is 14.1. The second kappa shape index (κ2) is 7.47. The normalized spacial score (nSPS) is 11.1. The molecule has 0 radical (unpaired) electrons. The molecule has 0 saturated carbocycles. The molecule has 0 spiro atoms. The van der Waals surface area contributed by atoms with E-state index in [0.29, 0.717) is 11.1 Å². The number of rotatable bonds is 4. The lowest BCUT2D eigenvalue weighted by atomic mass is 9.98. The molecule has 1 heterocycles. The molecule has 0 aliphatic carbocycles. The lowest BCUT2D eigenvalue weighted by Gasteiger charge is -2.11.